The van der Waals surface area contributed by atoms with Gasteiger partial charge in [-0.2, -0.15) is 18.9 Å². The molecule has 0 spiro atoms. The molecule has 9 heteroatoms. The number of fused-ring (bicyclic) bond motifs is 1. The highest BCUT2D eigenvalue weighted by molar-refractivity contribution is 7.14. The van der Waals surface area contributed by atoms with Gasteiger partial charge < -0.3 is 5.11 Å². The molecule has 4 nitrogen and oxygen atoms in total. The highest BCUT2D eigenvalue weighted by Gasteiger charge is 2.66. The first kappa shape index (κ1) is 21.5. The van der Waals surface area contributed by atoms with Crippen LogP contribution in [-0.2, 0) is 0 Å². The molecule has 1 aliphatic rings. The molecule has 0 unspecified atom stereocenters. The second-order valence-corrected chi connectivity index (χ2v) is 8.56. The molecule has 3 aromatic carbocycles. The molecular formula is C24H17F4N3OS. The third-order valence-electron chi connectivity index (χ3n) is 5.62. The Balaban J connectivity index is 1.60. The van der Waals surface area contributed by atoms with E-state index in [2.05, 4.69) is 10.1 Å². The Bertz CT molecular complexity index is 1340. The Morgan fingerprint density at radius 3 is 2.36 bits per heavy atom. The maximum atomic E-state index is 14.7. The Labute approximate surface area is 190 Å². The fourth-order valence-electron chi connectivity index (χ4n) is 3.81. The quantitative estimate of drug-likeness (QED) is 0.354. The van der Waals surface area contributed by atoms with Crippen LogP contribution in [0.4, 0.5) is 22.7 Å². The van der Waals surface area contributed by atoms with E-state index in [0.717, 1.165) is 27.7 Å². The van der Waals surface area contributed by atoms with Crippen molar-refractivity contribution >= 4 is 33.0 Å². The predicted octanol–water partition coefficient (Wildman–Crippen LogP) is 6.17. The summed E-state index contributed by atoms with van der Waals surface area (Å²) >= 11 is 0.941. The molecule has 168 valence electrons. The number of aromatic nitrogens is 1. The Hall–Kier alpha value is -3.30. The number of halogens is 4. The SMILES string of the molecule is O[C@]1(C(F)(F)C(F)F)CC(c2ccc3ccccc3c2)=NN1c1nc(-c2ccccc2)cs1. The van der Waals surface area contributed by atoms with Crippen LogP contribution in [0.15, 0.2) is 83.3 Å². The molecule has 1 atom stereocenters. The lowest BCUT2D eigenvalue weighted by atomic mass is 9.95. The van der Waals surface area contributed by atoms with Crippen molar-refractivity contribution in [3.63, 3.8) is 0 Å². The lowest BCUT2D eigenvalue weighted by molar-refractivity contribution is -0.237. The molecule has 1 aromatic heterocycles. The molecule has 0 amide bonds. The summed E-state index contributed by atoms with van der Waals surface area (Å²) in [5.74, 6) is -4.76. The lowest BCUT2D eigenvalue weighted by Crippen LogP contribution is -2.60. The van der Waals surface area contributed by atoms with E-state index in [0.29, 0.717) is 16.3 Å². The van der Waals surface area contributed by atoms with Crippen LogP contribution in [0, 0.1) is 0 Å². The molecule has 0 aliphatic carbocycles. The van der Waals surface area contributed by atoms with Gasteiger partial charge in [0.25, 0.3) is 0 Å². The van der Waals surface area contributed by atoms with Crippen LogP contribution in [-0.4, -0.2) is 33.9 Å². The van der Waals surface area contributed by atoms with Gasteiger partial charge in [-0.25, -0.2) is 13.8 Å². The normalized spacial score (nSPS) is 18.8. The summed E-state index contributed by atoms with van der Waals surface area (Å²) in [5, 5.41) is 19.0. The Morgan fingerprint density at radius 2 is 1.64 bits per heavy atom. The van der Waals surface area contributed by atoms with Crippen LogP contribution < -0.4 is 5.01 Å². The second-order valence-electron chi connectivity index (χ2n) is 7.72. The van der Waals surface area contributed by atoms with Crippen LogP contribution in [0.1, 0.15) is 12.0 Å². The smallest absolute Gasteiger partial charge is 0.355 e. The minimum absolute atomic E-state index is 0.0695. The minimum atomic E-state index is -4.76. The number of hydrogen-bond acceptors (Lipinski definition) is 5. The zero-order valence-corrected chi connectivity index (χ0v) is 17.8. The van der Waals surface area contributed by atoms with Gasteiger partial charge in [0, 0.05) is 17.4 Å². The summed E-state index contributed by atoms with van der Waals surface area (Å²) in [6.07, 6.45) is -4.88. The molecule has 0 saturated heterocycles. The van der Waals surface area contributed by atoms with Gasteiger partial charge in [-0.05, 0) is 22.4 Å². The van der Waals surface area contributed by atoms with Crippen molar-refractivity contribution in [3.8, 4) is 11.3 Å². The highest BCUT2D eigenvalue weighted by Crippen LogP contribution is 2.47. The number of anilines is 1. The van der Waals surface area contributed by atoms with Gasteiger partial charge in [0.1, 0.15) is 0 Å². The van der Waals surface area contributed by atoms with Gasteiger partial charge >= 0.3 is 12.3 Å². The van der Waals surface area contributed by atoms with E-state index in [-0.39, 0.29) is 10.8 Å². The van der Waals surface area contributed by atoms with Crippen LogP contribution >= 0.6 is 11.3 Å². The largest absolute Gasteiger partial charge is 0.364 e. The average molecular weight is 471 g/mol. The van der Waals surface area contributed by atoms with Gasteiger partial charge in [0.2, 0.25) is 10.9 Å². The highest BCUT2D eigenvalue weighted by atomic mass is 32.1. The Kier molecular flexibility index (Phi) is 5.18. The van der Waals surface area contributed by atoms with E-state index in [4.69, 9.17) is 0 Å². The van der Waals surface area contributed by atoms with E-state index in [1.807, 2.05) is 30.3 Å². The molecule has 0 radical (unpaired) electrons. The number of alkyl halides is 4. The maximum absolute atomic E-state index is 14.7. The fraction of sp³-hybridized carbons (Fsp3) is 0.167. The second kappa shape index (κ2) is 7.93. The van der Waals surface area contributed by atoms with Gasteiger partial charge in [0.15, 0.2) is 0 Å². The van der Waals surface area contributed by atoms with Crippen LogP contribution in [0.2, 0.25) is 0 Å². The van der Waals surface area contributed by atoms with Gasteiger partial charge in [-0.15, -0.1) is 11.3 Å². The lowest BCUT2D eigenvalue weighted by Gasteiger charge is -2.36. The molecule has 0 fully saturated rings. The number of rotatable bonds is 5. The number of thiazole rings is 1. The number of hydrazone groups is 1. The number of benzene rings is 3. The summed E-state index contributed by atoms with van der Waals surface area (Å²) in [4.78, 5) is 4.31. The standard InChI is InChI=1S/C24H17F4N3OS/c25-21(26)24(27,28)23(32)13-19(18-11-10-15-6-4-5-9-17(15)12-18)30-31(23)22-29-20(14-33-22)16-7-2-1-3-8-16/h1-12,14,21,32H,13H2/t23-/m0/s1. The van der Waals surface area contributed by atoms with E-state index in [1.54, 1.807) is 47.8 Å². The van der Waals surface area contributed by atoms with Gasteiger partial charge in [0.05, 0.1) is 11.4 Å². The predicted molar refractivity (Wildman–Crippen MR) is 121 cm³/mol. The Morgan fingerprint density at radius 1 is 0.939 bits per heavy atom. The summed E-state index contributed by atoms with van der Waals surface area (Å²) < 4.78 is 56.2. The monoisotopic (exact) mass is 471 g/mol. The molecule has 33 heavy (non-hydrogen) atoms. The third kappa shape index (κ3) is 3.57. The topological polar surface area (TPSA) is 48.7 Å². The van der Waals surface area contributed by atoms with Crippen LogP contribution in [0.25, 0.3) is 22.0 Å². The van der Waals surface area contributed by atoms with Crippen LogP contribution in [0.5, 0.6) is 0 Å². The minimum Gasteiger partial charge on any atom is -0.364 e. The summed E-state index contributed by atoms with van der Waals surface area (Å²) in [6.45, 7) is 0. The van der Waals surface area contributed by atoms with Crippen molar-refractivity contribution < 1.29 is 22.7 Å². The van der Waals surface area contributed by atoms with E-state index in [1.165, 1.54) is 0 Å². The molecule has 1 N–H and O–H groups in total. The number of aliphatic hydroxyl groups is 1. The fourth-order valence-corrected chi connectivity index (χ4v) is 4.66. The van der Waals surface area contributed by atoms with E-state index >= 15 is 0 Å². The molecule has 4 aromatic rings. The van der Waals surface area contributed by atoms with Crippen molar-refractivity contribution in [3.05, 3.63) is 83.7 Å². The molecule has 0 bridgehead atoms. The summed E-state index contributed by atoms with van der Waals surface area (Å²) in [5.41, 5.74) is -1.55. The number of hydrogen-bond donors (Lipinski definition) is 1. The molecular weight excluding hydrogens is 454 g/mol. The number of nitrogens with zero attached hydrogens (tertiary/aromatic N) is 3. The summed E-state index contributed by atoms with van der Waals surface area (Å²) in [6, 6.07) is 21.6. The van der Waals surface area contributed by atoms with E-state index in [9.17, 15) is 22.7 Å². The zero-order chi connectivity index (χ0) is 23.2. The van der Waals surface area contributed by atoms with Gasteiger partial charge in [-0.1, -0.05) is 66.7 Å². The summed E-state index contributed by atoms with van der Waals surface area (Å²) in [7, 11) is 0. The molecule has 5 rings (SSSR count). The van der Waals surface area contributed by atoms with Crippen molar-refractivity contribution in [1.29, 1.82) is 0 Å². The van der Waals surface area contributed by atoms with Crippen LogP contribution in [0.3, 0.4) is 0 Å². The van der Waals surface area contributed by atoms with Crippen molar-refractivity contribution in [2.45, 2.75) is 24.5 Å². The molecule has 2 heterocycles. The first-order chi connectivity index (χ1) is 15.8. The van der Waals surface area contributed by atoms with Crippen molar-refractivity contribution in [2.24, 2.45) is 5.10 Å². The first-order valence-corrected chi connectivity index (χ1v) is 10.9. The van der Waals surface area contributed by atoms with Crippen molar-refractivity contribution in [1.82, 2.24) is 4.98 Å². The third-order valence-corrected chi connectivity index (χ3v) is 6.43. The van der Waals surface area contributed by atoms with E-state index < -0.39 is 24.5 Å². The molecule has 1 aliphatic heterocycles. The average Bonchev–Trinajstić information content (AvgIpc) is 3.45. The van der Waals surface area contributed by atoms with Crippen molar-refractivity contribution in [2.75, 3.05) is 5.01 Å². The zero-order valence-electron chi connectivity index (χ0n) is 17.0. The first-order valence-electron chi connectivity index (χ1n) is 10.1. The molecule has 0 saturated carbocycles. The maximum Gasteiger partial charge on any atom is 0.355 e. The van der Waals surface area contributed by atoms with Gasteiger partial charge in [-0.3, -0.25) is 0 Å².